The van der Waals surface area contributed by atoms with Crippen LogP contribution in [0, 0.1) is 6.92 Å². The first kappa shape index (κ1) is 19.4. The lowest BCUT2D eigenvalue weighted by molar-refractivity contribution is 0.415. The van der Waals surface area contributed by atoms with Crippen LogP contribution < -0.4 is 15.2 Å². The number of nitrogens with zero attached hydrogens (tertiary/aromatic N) is 3. The molecule has 0 bridgehead atoms. The van der Waals surface area contributed by atoms with Crippen LogP contribution in [-0.2, 0) is 0 Å². The number of methoxy groups -OCH3 is 1. The normalized spacial score (nSPS) is 14.2. The van der Waals surface area contributed by atoms with Gasteiger partial charge in [-0.15, -0.1) is 0 Å². The Hall–Kier alpha value is -3.54. The summed E-state index contributed by atoms with van der Waals surface area (Å²) in [5.74, 6) is 0.761. The third-order valence-electron chi connectivity index (χ3n) is 6.05. The SMILES string of the molecule is COc1ccc(-c2c(C)[nH]c3c(N4CCCCC4)c(-c4ccccc4)nn3c2=O)cc1. The van der Waals surface area contributed by atoms with E-state index in [2.05, 4.69) is 22.0 Å². The molecule has 0 saturated carbocycles. The molecule has 1 aliphatic heterocycles. The molecule has 1 saturated heterocycles. The molecule has 1 N–H and O–H groups in total. The number of aromatic amines is 1. The molecule has 0 atom stereocenters. The van der Waals surface area contributed by atoms with Gasteiger partial charge in [-0.3, -0.25) is 4.79 Å². The molecular formula is C25H26N4O2. The Morgan fingerprint density at radius 3 is 2.32 bits per heavy atom. The van der Waals surface area contributed by atoms with Crippen LogP contribution in [0.2, 0.25) is 0 Å². The number of rotatable bonds is 4. The highest BCUT2D eigenvalue weighted by Gasteiger charge is 2.25. The topological polar surface area (TPSA) is 62.6 Å². The van der Waals surface area contributed by atoms with Gasteiger partial charge in [0.05, 0.1) is 12.7 Å². The van der Waals surface area contributed by atoms with Crippen molar-refractivity contribution in [1.29, 1.82) is 0 Å². The largest absolute Gasteiger partial charge is 0.497 e. The van der Waals surface area contributed by atoms with Crippen molar-refractivity contribution in [3.05, 3.63) is 70.6 Å². The highest BCUT2D eigenvalue weighted by molar-refractivity contribution is 5.87. The molecule has 3 heterocycles. The van der Waals surface area contributed by atoms with E-state index in [0.29, 0.717) is 5.56 Å². The number of piperidine rings is 1. The van der Waals surface area contributed by atoms with Crippen LogP contribution in [0.4, 0.5) is 5.69 Å². The lowest BCUT2D eigenvalue weighted by Gasteiger charge is -2.28. The minimum atomic E-state index is -0.114. The molecule has 0 spiro atoms. The molecule has 31 heavy (non-hydrogen) atoms. The third kappa shape index (κ3) is 3.38. The van der Waals surface area contributed by atoms with E-state index < -0.39 is 0 Å². The fraction of sp³-hybridized carbons (Fsp3) is 0.280. The summed E-state index contributed by atoms with van der Waals surface area (Å²) in [6, 6.07) is 17.7. The van der Waals surface area contributed by atoms with Crippen LogP contribution in [0.15, 0.2) is 59.4 Å². The highest BCUT2D eigenvalue weighted by Crippen LogP contribution is 2.35. The summed E-state index contributed by atoms with van der Waals surface area (Å²) in [5.41, 5.74) is 5.84. The van der Waals surface area contributed by atoms with Crippen molar-refractivity contribution >= 4 is 11.3 Å². The number of H-pyrrole nitrogens is 1. The van der Waals surface area contributed by atoms with E-state index in [1.165, 1.54) is 6.42 Å². The number of hydrogen-bond acceptors (Lipinski definition) is 4. The first-order chi connectivity index (χ1) is 15.2. The van der Waals surface area contributed by atoms with Crippen molar-refractivity contribution in [2.45, 2.75) is 26.2 Å². The number of nitrogens with one attached hydrogen (secondary N) is 1. The molecule has 1 aliphatic rings. The van der Waals surface area contributed by atoms with Gasteiger partial charge in [-0.05, 0) is 43.9 Å². The number of fused-ring (bicyclic) bond motifs is 1. The minimum absolute atomic E-state index is 0.114. The first-order valence-electron chi connectivity index (χ1n) is 10.8. The summed E-state index contributed by atoms with van der Waals surface area (Å²) in [6.45, 7) is 3.90. The molecule has 0 amide bonds. The molecule has 2 aromatic heterocycles. The monoisotopic (exact) mass is 414 g/mol. The first-order valence-corrected chi connectivity index (χ1v) is 10.8. The van der Waals surface area contributed by atoms with E-state index in [-0.39, 0.29) is 5.56 Å². The fourth-order valence-electron chi connectivity index (χ4n) is 4.48. The van der Waals surface area contributed by atoms with E-state index in [4.69, 9.17) is 9.84 Å². The quantitative estimate of drug-likeness (QED) is 0.527. The second-order valence-corrected chi connectivity index (χ2v) is 8.03. The molecule has 6 nitrogen and oxygen atoms in total. The van der Waals surface area contributed by atoms with E-state index in [1.807, 2.05) is 49.4 Å². The molecule has 1 fully saturated rings. The lowest BCUT2D eigenvalue weighted by Crippen LogP contribution is -2.30. The number of hydrogen-bond donors (Lipinski definition) is 1. The van der Waals surface area contributed by atoms with Crippen molar-refractivity contribution in [3.8, 4) is 28.1 Å². The maximum absolute atomic E-state index is 13.6. The molecule has 4 aromatic rings. The van der Waals surface area contributed by atoms with Crippen LogP contribution in [0.25, 0.3) is 28.0 Å². The van der Waals surface area contributed by atoms with E-state index in [9.17, 15) is 4.79 Å². The maximum Gasteiger partial charge on any atom is 0.282 e. The van der Waals surface area contributed by atoms with Crippen molar-refractivity contribution < 1.29 is 4.74 Å². The Morgan fingerprint density at radius 1 is 0.935 bits per heavy atom. The molecule has 0 radical (unpaired) electrons. The molecule has 2 aromatic carbocycles. The molecule has 0 unspecified atom stereocenters. The number of benzene rings is 2. The van der Waals surface area contributed by atoms with Crippen LogP contribution in [-0.4, -0.2) is 34.8 Å². The van der Waals surface area contributed by atoms with E-state index in [1.54, 1.807) is 11.6 Å². The van der Waals surface area contributed by atoms with Gasteiger partial charge in [-0.25, -0.2) is 0 Å². The zero-order valence-corrected chi connectivity index (χ0v) is 17.9. The minimum Gasteiger partial charge on any atom is -0.497 e. The standard InChI is InChI=1S/C25H26N4O2/c1-17-21(18-11-13-20(31-2)14-12-18)25(30)29-24(26-17)23(28-15-7-4-8-16-28)22(27-29)19-9-5-3-6-10-19/h3,5-6,9-14,26H,4,7-8,15-16H2,1-2H3. The van der Waals surface area contributed by atoms with Crippen molar-refractivity contribution in [2.24, 2.45) is 0 Å². The zero-order valence-electron chi connectivity index (χ0n) is 17.9. The number of ether oxygens (including phenoxy) is 1. The number of anilines is 1. The Labute approximate surface area is 181 Å². The second-order valence-electron chi connectivity index (χ2n) is 8.03. The summed E-state index contributed by atoms with van der Waals surface area (Å²) in [4.78, 5) is 19.5. The summed E-state index contributed by atoms with van der Waals surface area (Å²) < 4.78 is 6.80. The van der Waals surface area contributed by atoms with Crippen molar-refractivity contribution in [1.82, 2.24) is 14.6 Å². The molecule has 0 aliphatic carbocycles. The van der Waals surface area contributed by atoms with Gasteiger partial charge < -0.3 is 14.6 Å². The summed E-state index contributed by atoms with van der Waals surface area (Å²) in [5, 5.41) is 4.83. The van der Waals surface area contributed by atoms with Gasteiger partial charge in [-0.2, -0.15) is 9.61 Å². The number of aromatic nitrogens is 3. The third-order valence-corrected chi connectivity index (χ3v) is 6.05. The summed E-state index contributed by atoms with van der Waals surface area (Å²) in [7, 11) is 1.64. The number of aryl methyl sites for hydroxylation is 1. The van der Waals surface area contributed by atoms with Crippen molar-refractivity contribution in [2.75, 3.05) is 25.1 Å². The smallest absolute Gasteiger partial charge is 0.282 e. The Bertz CT molecular complexity index is 1270. The Kier molecular flexibility index (Phi) is 4.98. The van der Waals surface area contributed by atoms with Gasteiger partial charge in [0.2, 0.25) is 0 Å². The van der Waals surface area contributed by atoms with Gasteiger partial charge >= 0.3 is 0 Å². The van der Waals surface area contributed by atoms with E-state index >= 15 is 0 Å². The van der Waals surface area contributed by atoms with Gasteiger partial charge in [0.15, 0.2) is 5.65 Å². The Balaban J connectivity index is 1.75. The van der Waals surface area contributed by atoms with Crippen molar-refractivity contribution in [3.63, 3.8) is 0 Å². The predicted molar refractivity (Wildman–Crippen MR) is 124 cm³/mol. The molecule has 5 rings (SSSR count). The average Bonchev–Trinajstić information content (AvgIpc) is 3.20. The predicted octanol–water partition coefficient (Wildman–Crippen LogP) is 4.66. The summed E-state index contributed by atoms with van der Waals surface area (Å²) >= 11 is 0. The average molecular weight is 415 g/mol. The zero-order chi connectivity index (χ0) is 21.4. The van der Waals surface area contributed by atoms with Gasteiger partial charge in [0.25, 0.3) is 5.56 Å². The second kappa shape index (κ2) is 7.95. The van der Waals surface area contributed by atoms with Gasteiger partial charge in [-0.1, -0.05) is 42.5 Å². The fourth-order valence-corrected chi connectivity index (χ4v) is 4.48. The van der Waals surface area contributed by atoms with Crippen LogP contribution in [0.3, 0.4) is 0 Å². The summed E-state index contributed by atoms with van der Waals surface area (Å²) in [6.07, 6.45) is 3.55. The van der Waals surface area contributed by atoms with E-state index in [0.717, 1.165) is 65.5 Å². The highest BCUT2D eigenvalue weighted by atomic mass is 16.5. The Morgan fingerprint density at radius 2 is 1.65 bits per heavy atom. The molecule has 158 valence electrons. The van der Waals surface area contributed by atoms with Gasteiger partial charge in [0, 0.05) is 24.3 Å². The van der Waals surface area contributed by atoms with Gasteiger partial charge in [0.1, 0.15) is 17.1 Å². The van der Waals surface area contributed by atoms with Crippen LogP contribution >= 0.6 is 0 Å². The molecular weight excluding hydrogens is 388 g/mol. The van der Waals surface area contributed by atoms with Crippen LogP contribution in [0.5, 0.6) is 5.75 Å². The molecule has 6 heteroatoms. The van der Waals surface area contributed by atoms with Crippen LogP contribution in [0.1, 0.15) is 25.0 Å². The lowest BCUT2D eigenvalue weighted by atomic mass is 10.1. The maximum atomic E-state index is 13.6.